The Morgan fingerprint density at radius 3 is 2.79 bits per heavy atom. The van der Waals surface area contributed by atoms with Gasteiger partial charge in [0.2, 0.25) is 0 Å². The van der Waals surface area contributed by atoms with Crippen LogP contribution in [0, 0.1) is 10.1 Å². The van der Waals surface area contributed by atoms with E-state index in [4.69, 9.17) is 4.74 Å². The topological polar surface area (TPSA) is 64.4 Å². The third kappa shape index (κ3) is 4.18. The quantitative estimate of drug-likeness (QED) is 0.491. The Hall–Kier alpha value is -1.14. The zero-order chi connectivity index (χ0) is 13.7. The molecule has 0 unspecified atom stereocenters. The average molecular weight is 329 g/mol. The highest BCUT2D eigenvalue weighted by Crippen LogP contribution is 2.27. The Kier molecular flexibility index (Phi) is 5.15. The van der Waals surface area contributed by atoms with Gasteiger partial charge in [0.25, 0.3) is 5.69 Å². The third-order valence-corrected chi connectivity index (χ3v) is 3.89. The molecule has 0 atom stereocenters. The second kappa shape index (κ2) is 6.86. The molecule has 2 rings (SSSR count). The van der Waals surface area contributed by atoms with E-state index >= 15 is 0 Å². The second-order valence-electron chi connectivity index (χ2n) is 4.63. The lowest BCUT2D eigenvalue weighted by molar-refractivity contribution is -0.384. The summed E-state index contributed by atoms with van der Waals surface area (Å²) in [6, 6.07) is 4.70. The molecule has 1 saturated carbocycles. The summed E-state index contributed by atoms with van der Waals surface area (Å²) in [5.41, 5.74) is 0.931. The van der Waals surface area contributed by atoms with Gasteiger partial charge in [-0.15, -0.1) is 0 Å². The molecule has 1 aliphatic rings. The zero-order valence-corrected chi connectivity index (χ0v) is 12.2. The van der Waals surface area contributed by atoms with Crippen molar-refractivity contribution in [1.82, 2.24) is 0 Å². The van der Waals surface area contributed by atoms with E-state index in [1.807, 2.05) is 0 Å². The number of nitrogens with zero attached hydrogens (tertiary/aromatic N) is 1. The molecule has 0 bridgehead atoms. The molecule has 6 heteroatoms. The van der Waals surface area contributed by atoms with Crippen LogP contribution in [0.15, 0.2) is 22.7 Å². The molecule has 1 N–H and O–H groups in total. The molecule has 0 radical (unpaired) electrons. The number of hydrogen-bond acceptors (Lipinski definition) is 4. The molecule has 1 aromatic rings. The van der Waals surface area contributed by atoms with Gasteiger partial charge >= 0.3 is 0 Å². The fraction of sp³-hybridized carbons (Fsp3) is 0.538. The Bertz CT molecular complexity index is 448. The van der Waals surface area contributed by atoms with Crippen LogP contribution in [0.25, 0.3) is 0 Å². The van der Waals surface area contributed by atoms with E-state index in [1.165, 1.54) is 37.8 Å². The summed E-state index contributed by atoms with van der Waals surface area (Å²) in [4.78, 5) is 10.2. The standard InChI is InChI=1S/C13H17BrN2O3/c14-12-9-10(16(17)18)5-6-13(12)15-7-8-19-11-3-1-2-4-11/h5-6,9,11,15H,1-4,7-8H2. The largest absolute Gasteiger partial charge is 0.382 e. The summed E-state index contributed by atoms with van der Waals surface area (Å²) in [7, 11) is 0. The molecular weight excluding hydrogens is 312 g/mol. The van der Waals surface area contributed by atoms with E-state index in [0.717, 1.165) is 5.69 Å². The first-order valence-electron chi connectivity index (χ1n) is 6.46. The molecule has 0 aliphatic heterocycles. The summed E-state index contributed by atoms with van der Waals surface area (Å²) in [6.45, 7) is 1.36. The molecule has 1 fully saturated rings. The van der Waals surface area contributed by atoms with Crippen molar-refractivity contribution in [3.63, 3.8) is 0 Å². The van der Waals surface area contributed by atoms with Crippen LogP contribution in [0.2, 0.25) is 0 Å². The molecule has 0 amide bonds. The molecule has 5 nitrogen and oxygen atoms in total. The van der Waals surface area contributed by atoms with Crippen molar-refractivity contribution in [1.29, 1.82) is 0 Å². The molecule has 0 saturated heterocycles. The van der Waals surface area contributed by atoms with Gasteiger partial charge in [0, 0.05) is 28.8 Å². The van der Waals surface area contributed by atoms with E-state index in [0.29, 0.717) is 23.7 Å². The Morgan fingerprint density at radius 1 is 1.42 bits per heavy atom. The molecule has 0 spiro atoms. The van der Waals surface area contributed by atoms with Crippen LogP contribution in [0.3, 0.4) is 0 Å². The predicted molar refractivity (Wildman–Crippen MR) is 77.5 cm³/mol. The van der Waals surface area contributed by atoms with Crippen LogP contribution in [-0.2, 0) is 4.74 Å². The Labute approximate surface area is 120 Å². The van der Waals surface area contributed by atoms with Gasteiger partial charge in [-0.25, -0.2) is 0 Å². The maximum absolute atomic E-state index is 10.6. The molecule has 19 heavy (non-hydrogen) atoms. The maximum Gasteiger partial charge on any atom is 0.270 e. The number of nitro benzene ring substituents is 1. The summed E-state index contributed by atoms with van der Waals surface area (Å²) in [6.07, 6.45) is 5.29. The number of rotatable bonds is 6. The van der Waals surface area contributed by atoms with Gasteiger partial charge in [0.15, 0.2) is 0 Å². The highest BCUT2D eigenvalue weighted by atomic mass is 79.9. The number of benzene rings is 1. The number of anilines is 1. The van der Waals surface area contributed by atoms with E-state index in [-0.39, 0.29) is 5.69 Å². The Morgan fingerprint density at radius 2 is 2.16 bits per heavy atom. The van der Waals surface area contributed by atoms with Crippen LogP contribution >= 0.6 is 15.9 Å². The third-order valence-electron chi connectivity index (χ3n) is 3.24. The fourth-order valence-electron chi connectivity index (χ4n) is 2.23. The summed E-state index contributed by atoms with van der Waals surface area (Å²) >= 11 is 3.33. The van der Waals surface area contributed by atoms with Crippen LogP contribution in [-0.4, -0.2) is 24.2 Å². The highest BCUT2D eigenvalue weighted by Gasteiger charge is 2.14. The smallest absolute Gasteiger partial charge is 0.270 e. The van der Waals surface area contributed by atoms with Gasteiger partial charge in [-0.05, 0) is 34.8 Å². The van der Waals surface area contributed by atoms with Crippen molar-refractivity contribution in [2.24, 2.45) is 0 Å². The second-order valence-corrected chi connectivity index (χ2v) is 5.48. The summed E-state index contributed by atoms with van der Waals surface area (Å²) < 4.78 is 6.44. The van der Waals surface area contributed by atoms with E-state index in [2.05, 4.69) is 21.2 Å². The predicted octanol–water partition coefficient (Wildman–Crippen LogP) is 3.73. The number of ether oxygens (including phenoxy) is 1. The van der Waals surface area contributed by atoms with Gasteiger partial charge in [-0.2, -0.15) is 0 Å². The molecule has 104 valence electrons. The van der Waals surface area contributed by atoms with E-state index in [9.17, 15) is 10.1 Å². The molecular formula is C13H17BrN2O3. The number of non-ortho nitro benzene ring substituents is 1. The van der Waals surface area contributed by atoms with Gasteiger partial charge in [0.1, 0.15) is 0 Å². The first-order chi connectivity index (χ1) is 9.16. The minimum absolute atomic E-state index is 0.0830. The van der Waals surface area contributed by atoms with Gasteiger partial charge in [0.05, 0.1) is 17.6 Å². The van der Waals surface area contributed by atoms with Crippen LogP contribution in [0.1, 0.15) is 25.7 Å². The first-order valence-corrected chi connectivity index (χ1v) is 7.25. The van der Waals surface area contributed by atoms with Crippen LogP contribution in [0.5, 0.6) is 0 Å². The molecule has 1 aliphatic carbocycles. The van der Waals surface area contributed by atoms with Crippen LogP contribution < -0.4 is 5.32 Å². The lowest BCUT2D eigenvalue weighted by atomic mass is 10.3. The normalized spacial score (nSPS) is 15.6. The summed E-state index contributed by atoms with van der Waals surface area (Å²) in [5.74, 6) is 0. The van der Waals surface area contributed by atoms with Gasteiger partial charge in [-0.1, -0.05) is 12.8 Å². The van der Waals surface area contributed by atoms with Gasteiger partial charge in [-0.3, -0.25) is 10.1 Å². The van der Waals surface area contributed by atoms with E-state index in [1.54, 1.807) is 6.07 Å². The van der Waals surface area contributed by atoms with Crippen molar-refractivity contribution in [2.75, 3.05) is 18.5 Å². The van der Waals surface area contributed by atoms with Crippen molar-refractivity contribution < 1.29 is 9.66 Å². The lowest BCUT2D eigenvalue weighted by Crippen LogP contribution is -2.15. The molecule has 0 heterocycles. The molecule has 1 aromatic carbocycles. The minimum atomic E-state index is -0.405. The molecule has 0 aromatic heterocycles. The zero-order valence-electron chi connectivity index (χ0n) is 10.6. The van der Waals surface area contributed by atoms with Crippen molar-refractivity contribution in [2.45, 2.75) is 31.8 Å². The van der Waals surface area contributed by atoms with Crippen LogP contribution in [0.4, 0.5) is 11.4 Å². The monoisotopic (exact) mass is 328 g/mol. The van der Waals surface area contributed by atoms with Crippen molar-refractivity contribution in [3.05, 3.63) is 32.8 Å². The fourth-order valence-corrected chi connectivity index (χ4v) is 2.73. The first kappa shape index (κ1) is 14.3. The lowest BCUT2D eigenvalue weighted by Gasteiger charge is -2.12. The highest BCUT2D eigenvalue weighted by molar-refractivity contribution is 9.10. The van der Waals surface area contributed by atoms with Gasteiger partial charge < -0.3 is 10.1 Å². The number of halogens is 1. The van der Waals surface area contributed by atoms with E-state index < -0.39 is 4.92 Å². The maximum atomic E-state index is 10.6. The Balaban J connectivity index is 1.77. The van der Waals surface area contributed by atoms with Crippen molar-refractivity contribution >= 4 is 27.3 Å². The summed E-state index contributed by atoms with van der Waals surface area (Å²) in [5, 5.41) is 13.8. The number of nitro groups is 1. The van der Waals surface area contributed by atoms with Crippen molar-refractivity contribution in [3.8, 4) is 0 Å². The SMILES string of the molecule is O=[N+]([O-])c1ccc(NCCOC2CCCC2)c(Br)c1. The number of nitrogens with one attached hydrogen (secondary N) is 1. The minimum Gasteiger partial charge on any atom is -0.382 e. The number of hydrogen-bond donors (Lipinski definition) is 1. The average Bonchev–Trinajstić information content (AvgIpc) is 2.89.